The van der Waals surface area contributed by atoms with Gasteiger partial charge in [0.15, 0.2) is 9.66 Å². The quantitative estimate of drug-likeness (QED) is 0.242. The van der Waals surface area contributed by atoms with Crippen LogP contribution in [0.25, 0.3) is 53.1 Å². The van der Waals surface area contributed by atoms with Crippen molar-refractivity contribution in [1.29, 1.82) is 0 Å². The van der Waals surface area contributed by atoms with E-state index < -0.39 is 0 Å². The Balaban J connectivity index is 1.34. The number of fused-ring (bicyclic) bond motifs is 1. The summed E-state index contributed by atoms with van der Waals surface area (Å²) in [6.45, 7) is 8.66. The molecular weight excluding hydrogens is 480 g/mol. The Morgan fingerprint density at radius 2 is 0.806 bits per heavy atom. The van der Waals surface area contributed by atoms with Gasteiger partial charge in [0.2, 0.25) is 0 Å². The summed E-state index contributed by atoms with van der Waals surface area (Å²) in [6.07, 6.45) is 7.37. The summed E-state index contributed by atoms with van der Waals surface area (Å²) in [7, 11) is 0. The van der Waals surface area contributed by atoms with Gasteiger partial charge < -0.3 is 0 Å². The number of aromatic nitrogens is 4. The maximum Gasteiger partial charge on any atom is 0.155 e. The summed E-state index contributed by atoms with van der Waals surface area (Å²) in [5, 5.41) is 2.03. The van der Waals surface area contributed by atoms with Crippen LogP contribution in [0, 0.1) is 27.7 Å². The molecule has 0 radical (unpaired) electrons. The molecule has 36 heavy (non-hydrogen) atoms. The second kappa shape index (κ2) is 9.04. The minimum absolute atomic E-state index is 0.993. The molecular formula is C30H24N4S2. The molecule has 4 heterocycles. The first-order chi connectivity index (χ1) is 17.5. The van der Waals surface area contributed by atoms with Crippen LogP contribution < -0.4 is 0 Å². The lowest BCUT2D eigenvalue weighted by Crippen LogP contribution is -1.91. The topological polar surface area (TPSA) is 51.6 Å². The average molecular weight is 505 g/mol. The zero-order valence-electron chi connectivity index (χ0n) is 20.5. The van der Waals surface area contributed by atoms with Gasteiger partial charge >= 0.3 is 0 Å². The van der Waals surface area contributed by atoms with Crippen molar-refractivity contribution in [3.8, 4) is 43.4 Å². The van der Waals surface area contributed by atoms with E-state index in [9.17, 15) is 0 Å². The van der Waals surface area contributed by atoms with E-state index in [1.165, 1.54) is 44.5 Å². The molecule has 6 heteroatoms. The van der Waals surface area contributed by atoms with Gasteiger partial charge in [-0.25, -0.2) is 9.97 Å². The lowest BCUT2D eigenvalue weighted by molar-refractivity contribution is 1.31. The van der Waals surface area contributed by atoms with Gasteiger partial charge in [-0.15, -0.1) is 0 Å². The molecule has 6 aromatic rings. The number of rotatable bonds is 4. The SMILES string of the molecule is Cc1cc(-c2nc3sc(-c4cc(C)c(-c5ccncc5)c(C)c4)nc3s2)cc(C)c1-c1ccncc1. The first-order valence-corrected chi connectivity index (χ1v) is 13.4. The molecule has 0 atom stereocenters. The van der Waals surface area contributed by atoms with Gasteiger partial charge in [0.1, 0.15) is 10.0 Å². The van der Waals surface area contributed by atoms with E-state index in [0.717, 1.165) is 30.8 Å². The smallest absolute Gasteiger partial charge is 0.155 e. The fourth-order valence-electron chi connectivity index (χ4n) is 5.01. The normalized spacial score (nSPS) is 11.3. The molecule has 0 aliphatic carbocycles. The van der Waals surface area contributed by atoms with Crippen molar-refractivity contribution >= 4 is 32.3 Å². The van der Waals surface area contributed by atoms with Crippen LogP contribution in [0.5, 0.6) is 0 Å². The van der Waals surface area contributed by atoms with Crippen LogP contribution in [-0.4, -0.2) is 19.9 Å². The lowest BCUT2D eigenvalue weighted by Gasteiger charge is -2.12. The average Bonchev–Trinajstić information content (AvgIpc) is 3.44. The van der Waals surface area contributed by atoms with E-state index >= 15 is 0 Å². The van der Waals surface area contributed by atoms with Crippen LogP contribution in [0.2, 0.25) is 0 Å². The highest BCUT2D eigenvalue weighted by Gasteiger charge is 2.17. The second-order valence-electron chi connectivity index (χ2n) is 9.09. The van der Waals surface area contributed by atoms with Crippen molar-refractivity contribution in [3.05, 3.63) is 95.6 Å². The van der Waals surface area contributed by atoms with Gasteiger partial charge in [-0.05, 0) is 121 Å². The van der Waals surface area contributed by atoms with E-state index in [2.05, 4.69) is 86.2 Å². The van der Waals surface area contributed by atoms with E-state index in [4.69, 9.17) is 9.97 Å². The molecule has 0 spiro atoms. The Hall–Kier alpha value is -3.74. The summed E-state index contributed by atoms with van der Waals surface area (Å²) in [6, 6.07) is 17.2. The van der Waals surface area contributed by atoms with Gasteiger partial charge in [-0.1, -0.05) is 22.7 Å². The predicted octanol–water partition coefficient (Wildman–Crippen LogP) is 8.44. The first-order valence-electron chi connectivity index (χ1n) is 11.8. The van der Waals surface area contributed by atoms with Gasteiger partial charge in [-0.3, -0.25) is 9.97 Å². The zero-order valence-corrected chi connectivity index (χ0v) is 22.2. The Morgan fingerprint density at radius 3 is 1.14 bits per heavy atom. The minimum Gasteiger partial charge on any atom is -0.265 e. The molecule has 0 fully saturated rings. The van der Waals surface area contributed by atoms with E-state index in [1.54, 1.807) is 22.7 Å². The van der Waals surface area contributed by atoms with Crippen LogP contribution in [0.3, 0.4) is 0 Å². The van der Waals surface area contributed by atoms with Crippen molar-refractivity contribution in [2.24, 2.45) is 0 Å². The fraction of sp³-hybridized carbons (Fsp3) is 0.133. The van der Waals surface area contributed by atoms with Crippen LogP contribution >= 0.6 is 22.7 Å². The van der Waals surface area contributed by atoms with Crippen molar-refractivity contribution < 1.29 is 0 Å². The zero-order chi connectivity index (χ0) is 24.8. The summed E-state index contributed by atoms with van der Waals surface area (Å²) in [5.74, 6) is 0. The Morgan fingerprint density at radius 1 is 0.472 bits per heavy atom. The maximum atomic E-state index is 4.98. The molecule has 0 aliphatic rings. The molecule has 0 amide bonds. The van der Waals surface area contributed by atoms with Crippen LogP contribution in [0.15, 0.2) is 73.3 Å². The van der Waals surface area contributed by atoms with Gasteiger partial charge in [0.05, 0.1) is 0 Å². The molecule has 0 saturated heterocycles. The van der Waals surface area contributed by atoms with Crippen molar-refractivity contribution in [1.82, 2.24) is 19.9 Å². The third-order valence-electron chi connectivity index (χ3n) is 6.47. The fourth-order valence-corrected chi connectivity index (χ4v) is 7.03. The van der Waals surface area contributed by atoms with Crippen LogP contribution in [0.4, 0.5) is 0 Å². The number of aryl methyl sites for hydroxylation is 4. The van der Waals surface area contributed by atoms with Gasteiger partial charge in [-0.2, -0.15) is 0 Å². The van der Waals surface area contributed by atoms with E-state index in [1.807, 2.05) is 24.8 Å². The molecule has 0 N–H and O–H groups in total. The number of pyridine rings is 2. The molecule has 4 aromatic heterocycles. The molecule has 176 valence electrons. The third kappa shape index (κ3) is 4.02. The summed E-state index contributed by atoms with van der Waals surface area (Å²) < 4.78 is 0. The molecule has 0 bridgehead atoms. The summed E-state index contributed by atoms with van der Waals surface area (Å²) >= 11 is 3.33. The molecule has 2 aromatic carbocycles. The number of nitrogens with zero attached hydrogens (tertiary/aromatic N) is 4. The molecule has 0 unspecified atom stereocenters. The van der Waals surface area contributed by atoms with Gasteiger partial charge in [0.25, 0.3) is 0 Å². The maximum absolute atomic E-state index is 4.98. The van der Waals surface area contributed by atoms with Crippen molar-refractivity contribution in [2.75, 3.05) is 0 Å². The summed E-state index contributed by atoms with van der Waals surface area (Å²) in [5.41, 5.74) is 12.2. The highest BCUT2D eigenvalue weighted by Crippen LogP contribution is 2.40. The standard InChI is InChI=1S/C30H24N4S2/c1-17-13-23(14-18(2)25(17)21-5-9-31-10-6-21)27-33-29-30(35-27)34-28(36-29)24-15-19(3)26(20(4)16-24)22-7-11-32-12-8-22/h5-16H,1-4H3. The van der Waals surface area contributed by atoms with Crippen molar-refractivity contribution in [3.63, 3.8) is 0 Å². The minimum atomic E-state index is 0.993. The van der Waals surface area contributed by atoms with Crippen molar-refractivity contribution in [2.45, 2.75) is 27.7 Å². The molecule has 0 saturated carbocycles. The summed E-state index contributed by atoms with van der Waals surface area (Å²) in [4.78, 5) is 20.3. The first kappa shape index (κ1) is 22.7. The van der Waals surface area contributed by atoms with Crippen LogP contribution in [-0.2, 0) is 0 Å². The number of hydrogen-bond donors (Lipinski definition) is 0. The highest BCUT2D eigenvalue weighted by atomic mass is 32.1. The van der Waals surface area contributed by atoms with Crippen LogP contribution in [0.1, 0.15) is 22.3 Å². The monoisotopic (exact) mass is 504 g/mol. The van der Waals surface area contributed by atoms with E-state index in [-0.39, 0.29) is 0 Å². The largest absolute Gasteiger partial charge is 0.265 e. The Kier molecular flexibility index (Phi) is 5.70. The number of benzene rings is 2. The molecule has 0 aliphatic heterocycles. The highest BCUT2D eigenvalue weighted by molar-refractivity contribution is 7.29. The Labute approximate surface area is 218 Å². The van der Waals surface area contributed by atoms with E-state index in [0.29, 0.717) is 0 Å². The van der Waals surface area contributed by atoms with Gasteiger partial charge in [0, 0.05) is 35.9 Å². The molecule has 4 nitrogen and oxygen atoms in total. The molecule has 6 rings (SSSR count). The lowest BCUT2D eigenvalue weighted by atomic mass is 9.94. The Bertz CT molecular complexity index is 1510. The number of thiazole rings is 2. The number of hydrogen-bond acceptors (Lipinski definition) is 6. The second-order valence-corrected chi connectivity index (χ2v) is 11.0. The third-order valence-corrected chi connectivity index (χ3v) is 8.60. The predicted molar refractivity (Wildman–Crippen MR) is 152 cm³/mol.